The molecular weight excluding hydrogens is 547 g/mol. The van der Waals surface area contributed by atoms with Gasteiger partial charge in [0.15, 0.2) is 0 Å². The first-order valence-corrected chi connectivity index (χ1v) is 14.4. The van der Waals surface area contributed by atoms with E-state index in [1.54, 1.807) is 11.0 Å². The molecule has 1 amide bonds. The maximum absolute atomic E-state index is 13.2. The molecule has 40 heavy (non-hydrogen) atoms. The molecule has 2 saturated heterocycles. The molecule has 2 aromatic carbocycles. The summed E-state index contributed by atoms with van der Waals surface area (Å²) in [5.74, 6) is 0.0486. The Bertz CT molecular complexity index is 1540. The minimum Gasteiger partial charge on any atom is -0.444 e. The van der Waals surface area contributed by atoms with E-state index in [9.17, 15) is 26.4 Å². The van der Waals surface area contributed by atoms with E-state index in [0.29, 0.717) is 29.9 Å². The van der Waals surface area contributed by atoms with Crippen LogP contribution in [0.15, 0.2) is 64.5 Å². The second-order valence-corrected chi connectivity index (χ2v) is 13.1. The number of hydrogen-bond donors (Lipinski definition) is 0. The Morgan fingerprint density at radius 2 is 1.70 bits per heavy atom. The number of pyridine rings is 1. The van der Waals surface area contributed by atoms with Crippen LogP contribution in [0.1, 0.15) is 27.2 Å². The van der Waals surface area contributed by atoms with Gasteiger partial charge in [0.05, 0.1) is 21.0 Å². The molecule has 214 valence electrons. The molecule has 3 aromatic rings. The predicted octanol–water partition coefficient (Wildman–Crippen LogP) is 5.66. The number of aromatic nitrogens is 1. The number of carbonyl (C=O) groups excluding carboxylic acids is 1. The van der Waals surface area contributed by atoms with Crippen LogP contribution in [0.25, 0.3) is 10.9 Å². The number of ether oxygens (including phenoxy) is 2. The van der Waals surface area contributed by atoms with Crippen molar-refractivity contribution in [1.82, 2.24) is 9.88 Å². The molecule has 0 bridgehead atoms. The second-order valence-electron chi connectivity index (χ2n) is 11.2. The van der Waals surface area contributed by atoms with Crippen LogP contribution in [-0.2, 0) is 14.6 Å². The SMILES string of the molecule is CC(C)(C)OC(=O)N1CCC2CN(c3cccc4cc(S(=O)(=O)c5cccc(OC(F)(F)F)c5)cnc34)CC2C1. The lowest BCUT2D eigenvalue weighted by atomic mass is 9.89. The van der Waals surface area contributed by atoms with Crippen molar-refractivity contribution >= 4 is 32.5 Å². The molecule has 2 unspecified atom stereocenters. The van der Waals surface area contributed by atoms with Crippen LogP contribution in [0.4, 0.5) is 23.7 Å². The molecule has 8 nitrogen and oxygen atoms in total. The topological polar surface area (TPSA) is 89.0 Å². The molecule has 3 heterocycles. The van der Waals surface area contributed by atoms with Gasteiger partial charge in [0.25, 0.3) is 0 Å². The fraction of sp³-hybridized carbons (Fsp3) is 0.429. The lowest BCUT2D eigenvalue weighted by molar-refractivity contribution is -0.274. The van der Waals surface area contributed by atoms with Crippen molar-refractivity contribution in [2.24, 2.45) is 11.8 Å². The number of amides is 1. The van der Waals surface area contributed by atoms with Gasteiger partial charge in [-0.2, -0.15) is 0 Å². The zero-order valence-corrected chi connectivity index (χ0v) is 23.1. The average Bonchev–Trinajstić information content (AvgIpc) is 3.29. The van der Waals surface area contributed by atoms with Crippen LogP contribution in [0.2, 0.25) is 0 Å². The smallest absolute Gasteiger partial charge is 0.444 e. The summed E-state index contributed by atoms with van der Waals surface area (Å²) >= 11 is 0. The van der Waals surface area contributed by atoms with Crippen molar-refractivity contribution in [1.29, 1.82) is 0 Å². The summed E-state index contributed by atoms with van der Waals surface area (Å²) in [6.07, 6.45) is -3.16. The van der Waals surface area contributed by atoms with Crippen molar-refractivity contribution in [2.45, 2.75) is 48.9 Å². The third-order valence-corrected chi connectivity index (χ3v) is 8.84. The number of benzene rings is 2. The van der Waals surface area contributed by atoms with Crippen molar-refractivity contribution < 1.29 is 35.9 Å². The Hall–Kier alpha value is -3.54. The largest absolute Gasteiger partial charge is 0.573 e. The second kappa shape index (κ2) is 10.1. The van der Waals surface area contributed by atoms with E-state index in [0.717, 1.165) is 37.3 Å². The summed E-state index contributed by atoms with van der Waals surface area (Å²) in [5.41, 5.74) is 0.925. The van der Waals surface area contributed by atoms with Crippen molar-refractivity contribution in [3.63, 3.8) is 0 Å². The molecule has 0 aliphatic carbocycles. The fourth-order valence-corrected chi connectivity index (χ4v) is 6.63. The number of hydrogen-bond acceptors (Lipinski definition) is 7. The highest BCUT2D eigenvalue weighted by molar-refractivity contribution is 7.91. The van der Waals surface area contributed by atoms with Gasteiger partial charge >= 0.3 is 12.5 Å². The van der Waals surface area contributed by atoms with Gasteiger partial charge < -0.3 is 19.3 Å². The minimum absolute atomic E-state index is 0.135. The Morgan fingerprint density at radius 3 is 2.42 bits per heavy atom. The van der Waals surface area contributed by atoms with E-state index in [-0.39, 0.29) is 21.8 Å². The highest BCUT2D eigenvalue weighted by Crippen LogP contribution is 2.37. The summed E-state index contributed by atoms with van der Waals surface area (Å²) < 4.78 is 73.8. The molecule has 1 aromatic heterocycles. The lowest BCUT2D eigenvalue weighted by Gasteiger charge is -2.35. The number of nitrogens with zero attached hydrogens (tertiary/aromatic N) is 3. The number of rotatable bonds is 4. The van der Waals surface area contributed by atoms with Gasteiger partial charge in [0.2, 0.25) is 9.84 Å². The van der Waals surface area contributed by atoms with Crippen LogP contribution in [0.3, 0.4) is 0 Å². The molecule has 0 N–H and O–H groups in total. The number of halogens is 3. The summed E-state index contributed by atoms with van der Waals surface area (Å²) in [5, 5.41) is 0.589. The molecule has 5 rings (SSSR count). The number of carbonyl (C=O) groups is 1. The number of anilines is 1. The van der Waals surface area contributed by atoms with E-state index in [1.807, 2.05) is 32.9 Å². The highest BCUT2D eigenvalue weighted by atomic mass is 32.2. The Balaban J connectivity index is 1.37. The maximum atomic E-state index is 13.2. The van der Waals surface area contributed by atoms with Crippen LogP contribution >= 0.6 is 0 Å². The van der Waals surface area contributed by atoms with Crippen molar-refractivity contribution in [3.8, 4) is 5.75 Å². The molecule has 0 spiro atoms. The molecule has 0 saturated carbocycles. The first-order chi connectivity index (χ1) is 18.7. The van der Waals surface area contributed by atoms with Crippen LogP contribution in [-0.4, -0.2) is 62.5 Å². The summed E-state index contributed by atoms with van der Waals surface area (Å²) in [7, 11) is -4.16. The van der Waals surface area contributed by atoms with Gasteiger partial charge in [-0.15, -0.1) is 13.2 Å². The van der Waals surface area contributed by atoms with E-state index >= 15 is 0 Å². The summed E-state index contributed by atoms with van der Waals surface area (Å²) in [6, 6.07) is 11.3. The molecule has 12 heteroatoms. The normalized spacial score (nSPS) is 19.9. The molecule has 2 aliphatic rings. The van der Waals surface area contributed by atoms with Gasteiger partial charge in [-0.1, -0.05) is 18.2 Å². The van der Waals surface area contributed by atoms with E-state index < -0.39 is 27.6 Å². The Kier molecular flexibility index (Phi) is 7.10. The maximum Gasteiger partial charge on any atom is 0.573 e. The number of likely N-dealkylation sites (tertiary alicyclic amines) is 1. The summed E-state index contributed by atoms with van der Waals surface area (Å²) in [4.78, 5) is 20.6. The molecule has 2 atom stereocenters. The van der Waals surface area contributed by atoms with E-state index in [2.05, 4.69) is 14.6 Å². The Morgan fingerprint density at radius 1 is 0.975 bits per heavy atom. The van der Waals surface area contributed by atoms with Gasteiger partial charge in [0.1, 0.15) is 11.4 Å². The average molecular weight is 578 g/mol. The zero-order chi connectivity index (χ0) is 28.9. The molecule has 2 aliphatic heterocycles. The van der Waals surface area contributed by atoms with Crippen LogP contribution in [0, 0.1) is 11.8 Å². The van der Waals surface area contributed by atoms with E-state index in [1.165, 1.54) is 24.4 Å². The molecular formula is C28H30F3N3O5S. The third kappa shape index (κ3) is 5.96. The van der Waals surface area contributed by atoms with E-state index in [4.69, 9.17) is 4.74 Å². The predicted molar refractivity (Wildman–Crippen MR) is 142 cm³/mol. The lowest BCUT2D eigenvalue weighted by Crippen LogP contribution is -2.45. The van der Waals surface area contributed by atoms with Crippen molar-refractivity contribution in [3.05, 3.63) is 54.7 Å². The standard InChI is InChI=1S/C28H30F3N3O5S/c1-27(2,3)39-26(35)33-11-10-19-15-34(17-20(19)16-33)24-9-4-6-18-12-23(14-32-25(18)24)40(36,37)22-8-5-7-21(13-22)38-28(29,30)31/h4-9,12-14,19-20H,10-11,15-17H2,1-3H3. The third-order valence-electron chi connectivity index (χ3n) is 7.12. The van der Waals surface area contributed by atoms with Gasteiger partial charge in [-0.05, 0) is 69.4 Å². The van der Waals surface area contributed by atoms with Crippen LogP contribution in [0.5, 0.6) is 5.75 Å². The van der Waals surface area contributed by atoms with Crippen LogP contribution < -0.4 is 9.64 Å². The first kappa shape index (κ1) is 28.0. The molecule has 0 radical (unpaired) electrons. The Labute approximate surface area is 230 Å². The van der Waals surface area contributed by atoms with Gasteiger partial charge in [-0.25, -0.2) is 13.2 Å². The van der Waals surface area contributed by atoms with Gasteiger partial charge in [0, 0.05) is 37.8 Å². The number of para-hydroxylation sites is 1. The van der Waals surface area contributed by atoms with Crippen molar-refractivity contribution in [2.75, 3.05) is 31.1 Å². The zero-order valence-electron chi connectivity index (χ0n) is 22.3. The number of piperidine rings is 1. The highest BCUT2D eigenvalue weighted by Gasteiger charge is 2.40. The summed E-state index contributed by atoms with van der Waals surface area (Å²) in [6.45, 7) is 8.29. The molecule has 2 fully saturated rings. The van der Waals surface area contributed by atoms with Gasteiger partial charge in [-0.3, -0.25) is 4.98 Å². The first-order valence-electron chi connectivity index (χ1n) is 12.9. The quantitative estimate of drug-likeness (QED) is 0.395. The number of fused-ring (bicyclic) bond motifs is 2. The minimum atomic E-state index is -4.94. The number of sulfone groups is 1. The monoisotopic (exact) mass is 577 g/mol. The number of alkyl halides is 3. The fourth-order valence-electron chi connectivity index (χ4n) is 5.36.